The summed E-state index contributed by atoms with van der Waals surface area (Å²) in [5, 5.41) is 9.34. The summed E-state index contributed by atoms with van der Waals surface area (Å²) in [6, 6.07) is 13.0. The van der Waals surface area contributed by atoms with Crippen molar-refractivity contribution < 1.29 is 5.11 Å². The van der Waals surface area contributed by atoms with E-state index in [0.29, 0.717) is 4.99 Å². The molecule has 3 nitrogen and oxygen atoms in total. The van der Waals surface area contributed by atoms with E-state index in [1.807, 2.05) is 49.2 Å². The molecule has 0 bridgehead atoms. The average Bonchev–Trinajstić information content (AvgIpc) is 2.38. The number of rotatable bonds is 3. The second-order valence-electron chi connectivity index (χ2n) is 4.46. The standard InChI is InChI=1S/C15H16N2OS/c1-10-3-8-13(15(16)19)14(9-10)17(2)11-4-6-12(18)7-5-11/h3-9,18H,1-2H3,(H2,16,19). The molecule has 0 fully saturated rings. The second kappa shape index (κ2) is 5.28. The Kier molecular flexibility index (Phi) is 3.71. The lowest BCUT2D eigenvalue weighted by molar-refractivity contribution is 0.475. The van der Waals surface area contributed by atoms with Gasteiger partial charge in [-0.25, -0.2) is 0 Å². The van der Waals surface area contributed by atoms with Crippen molar-refractivity contribution in [3.05, 3.63) is 53.6 Å². The Morgan fingerprint density at radius 3 is 2.37 bits per heavy atom. The van der Waals surface area contributed by atoms with Crippen molar-refractivity contribution in [3.63, 3.8) is 0 Å². The van der Waals surface area contributed by atoms with Crippen LogP contribution in [0.5, 0.6) is 5.75 Å². The highest BCUT2D eigenvalue weighted by Crippen LogP contribution is 2.29. The number of hydrogen-bond acceptors (Lipinski definition) is 3. The summed E-state index contributed by atoms with van der Waals surface area (Å²) in [5.41, 5.74) is 9.67. The molecule has 0 amide bonds. The summed E-state index contributed by atoms with van der Waals surface area (Å²) in [7, 11) is 1.95. The molecule has 0 heterocycles. The van der Waals surface area contributed by atoms with Crippen LogP contribution >= 0.6 is 12.2 Å². The largest absolute Gasteiger partial charge is 0.508 e. The molecule has 4 heteroatoms. The van der Waals surface area contributed by atoms with Gasteiger partial charge in [-0.05, 0) is 48.9 Å². The van der Waals surface area contributed by atoms with Crippen LogP contribution in [0.4, 0.5) is 11.4 Å². The molecule has 2 rings (SSSR count). The van der Waals surface area contributed by atoms with Crippen molar-refractivity contribution >= 4 is 28.6 Å². The SMILES string of the molecule is Cc1ccc(C(N)=S)c(N(C)c2ccc(O)cc2)c1. The van der Waals surface area contributed by atoms with E-state index in [1.165, 1.54) is 0 Å². The fourth-order valence-electron chi connectivity index (χ4n) is 1.94. The molecular formula is C15H16N2OS. The molecule has 0 unspecified atom stereocenters. The number of nitrogens with zero attached hydrogens (tertiary/aromatic N) is 1. The Hall–Kier alpha value is -2.07. The lowest BCUT2D eigenvalue weighted by Crippen LogP contribution is -2.17. The van der Waals surface area contributed by atoms with Crippen LogP contribution in [0.25, 0.3) is 0 Å². The Morgan fingerprint density at radius 1 is 1.16 bits per heavy atom. The zero-order valence-corrected chi connectivity index (χ0v) is 11.7. The molecule has 0 aliphatic heterocycles. The van der Waals surface area contributed by atoms with Crippen LogP contribution in [0.2, 0.25) is 0 Å². The van der Waals surface area contributed by atoms with Gasteiger partial charge in [-0.2, -0.15) is 0 Å². The first-order chi connectivity index (χ1) is 8.99. The molecular weight excluding hydrogens is 256 g/mol. The third-order valence-corrected chi connectivity index (χ3v) is 3.24. The summed E-state index contributed by atoms with van der Waals surface area (Å²) >= 11 is 5.09. The summed E-state index contributed by atoms with van der Waals surface area (Å²) in [4.78, 5) is 2.38. The number of aromatic hydroxyl groups is 1. The number of nitrogens with two attached hydrogens (primary N) is 1. The normalized spacial score (nSPS) is 10.2. The Balaban J connectivity index is 2.48. The Morgan fingerprint density at radius 2 is 1.79 bits per heavy atom. The van der Waals surface area contributed by atoms with E-state index in [4.69, 9.17) is 18.0 Å². The minimum Gasteiger partial charge on any atom is -0.508 e. The van der Waals surface area contributed by atoms with Gasteiger partial charge in [-0.15, -0.1) is 0 Å². The second-order valence-corrected chi connectivity index (χ2v) is 4.90. The quantitative estimate of drug-likeness (QED) is 0.843. The molecule has 19 heavy (non-hydrogen) atoms. The number of benzene rings is 2. The maximum absolute atomic E-state index is 9.34. The van der Waals surface area contributed by atoms with Gasteiger partial charge in [0.1, 0.15) is 10.7 Å². The van der Waals surface area contributed by atoms with E-state index in [0.717, 1.165) is 22.5 Å². The number of aryl methyl sites for hydroxylation is 1. The summed E-state index contributed by atoms with van der Waals surface area (Å²) < 4.78 is 0. The molecule has 0 saturated carbocycles. The van der Waals surface area contributed by atoms with Crippen molar-refractivity contribution in [1.29, 1.82) is 0 Å². The number of phenolic OH excluding ortho intramolecular Hbond substituents is 1. The van der Waals surface area contributed by atoms with E-state index < -0.39 is 0 Å². The van der Waals surface area contributed by atoms with E-state index >= 15 is 0 Å². The maximum Gasteiger partial charge on any atom is 0.115 e. The number of hydrogen-bond donors (Lipinski definition) is 2. The molecule has 0 atom stereocenters. The van der Waals surface area contributed by atoms with Crippen LogP contribution in [0, 0.1) is 6.92 Å². The highest BCUT2D eigenvalue weighted by Gasteiger charge is 2.11. The smallest absolute Gasteiger partial charge is 0.115 e. The zero-order chi connectivity index (χ0) is 14.0. The van der Waals surface area contributed by atoms with Crippen LogP contribution < -0.4 is 10.6 Å². The predicted octanol–water partition coefficient (Wildman–Crippen LogP) is 3.10. The minimum absolute atomic E-state index is 0.246. The topological polar surface area (TPSA) is 49.5 Å². The molecule has 0 spiro atoms. The lowest BCUT2D eigenvalue weighted by Gasteiger charge is -2.23. The van der Waals surface area contributed by atoms with Gasteiger partial charge in [-0.3, -0.25) is 0 Å². The van der Waals surface area contributed by atoms with E-state index in [9.17, 15) is 5.11 Å². The Bertz CT molecular complexity index is 608. The molecule has 98 valence electrons. The van der Waals surface area contributed by atoms with Crippen molar-refractivity contribution in [2.45, 2.75) is 6.92 Å². The zero-order valence-electron chi connectivity index (χ0n) is 10.9. The van der Waals surface area contributed by atoms with Gasteiger partial charge in [0.2, 0.25) is 0 Å². The van der Waals surface area contributed by atoms with Crippen molar-refractivity contribution in [3.8, 4) is 5.75 Å². The number of phenols is 1. The average molecular weight is 272 g/mol. The first-order valence-electron chi connectivity index (χ1n) is 5.92. The van der Waals surface area contributed by atoms with E-state index in [2.05, 4.69) is 0 Å². The summed E-state index contributed by atoms with van der Waals surface area (Å²) in [6.45, 7) is 2.03. The first kappa shape index (κ1) is 13.4. The summed E-state index contributed by atoms with van der Waals surface area (Å²) in [6.07, 6.45) is 0. The highest BCUT2D eigenvalue weighted by atomic mass is 32.1. The van der Waals surface area contributed by atoms with Crippen molar-refractivity contribution in [1.82, 2.24) is 0 Å². The molecule has 2 aromatic carbocycles. The fourth-order valence-corrected chi connectivity index (χ4v) is 2.12. The molecule has 0 aliphatic rings. The van der Waals surface area contributed by atoms with Gasteiger partial charge in [0.25, 0.3) is 0 Å². The minimum atomic E-state index is 0.246. The molecule has 0 radical (unpaired) electrons. The molecule has 2 aromatic rings. The van der Waals surface area contributed by atoms with Crippen LogP contribution in [-0.2, 0) is 0 Å². The molecule has 3 N–H and O–H groups in total. The molecule has 0 aromatic heterocycles. The Labute approximate surface area is 118 Å². The van der Waals surface area contributed by atoms with Gasteiger partial charge in [0, 0.05) is 18.3 Å². The van der Waals surface area contributed by atoms with Crippen molar-refractivity contribution in [2.75, 3.05) is 11.9 Å². The van der Waals surface area contributed by atoms with Gasteiger partial charge in [0.05, 0.1) is 5.69 Å². The first-order valence-corrected chi connectivity index (χ1v) is 6.33. The highest BCUT2D eigenvalue weighted by molar-refractivity contribution is 7.80. The van der Waals surface area contributed by atoms with Crippen LogP contribution in [0.3, 0.4) is 0 Å². The van der Waals surface area contributed by atoms with Gasteiger partial charge in [0.15, 0.2) is 0 Å². The van der Waals surface area contributed by atoms with Crippen LogP contribution in [-0.4, -0.2) is 17.1 Å². The monoisotopic (exact) mass is 272 g/mol. The van der Waals surface area contributed by atoms with Crippen molar-refractivity contribution in [2.24, 2.45) is 5.73 Å². The van der Waals surface area contributed by atoms with Gasteiger partial charge in [-0.1, -0.05) is 18.3 Å². The lowest BCUT2D eigenvalue weighted by atomic mass is 10.1. The maximum atomic E-state index is 9.34. The third kappa shape index (κ3) is 2.85. The van der Waals surface area contributed by atoms with Gasteiger partial charge >= 0.3 is 0 Å². The predicted molar refractivity (Wildman–Crippen MR) is 83.2 cm³/mol. The summed E-state index contributed by atoms with van der Waals surface area (Å²) in [5.74, 6) is 0.246. The molecule has 0 saturated heterocycles. The number of thiocarbonyl (C=S) groups is 1. The third-order valence-electron chi connectivity index (χ3n) is 3.02. The van der Waals surface area contributed by atoms with Crippen LogP contribution in [0.15, 0.2) is 42.5 Å². The van der Waals surface area contributed by atoms with E-state index in [-0.39, 0.29) is 5.75 Å². The van der Waals surface area contributed by atoms with Crippen LogP contribution in [0.1, 0.15) is 11.1 Å². The number of anilines is 2. The van der Waals surface area contributed by atoms with Gasteiger partial charge < -0.3 is 15.7 Å². The van der Waals surface area contributed by atoms with E-state index in [1.54, 1.807) is 12.1 Å². The fraction of sp³-hybridized carbons (Fsp3) is 0.133. The molecule has 0 aliphatic carbocycles.